The lowest BCUT2D eigenvalue weighted by molar-refractivity contribution is -0.114. The van der Waals surface area contributed by atoms with Crippen molar-refractivity contribution in [2.24, 2.45) is 11.3 Å². The number of rotatable bonds is 4. The van der Waals surface area contributed by atoms with Crippen LogP contribution in [0.4, 0.5) is 0 Å². The number of benzene rings is 1. The fourth-order valence-corrected chi connectivity index (χ4v) is 4.63. The molecular weight excluding hydrogens is 308 g/mol. The molecule has 2 heteroatoms. The van der Waals surface area contributed by atoms with Crippen LogP contribution in [0.25, 0.3) is 0 Å². The van der Waals surface area contributed by atoms with E-state index in [1.54, 1.807) is 0 Å². The summed E-state index contributed by atoms with van der Waals surface area (Å²) in [6.45, 7) is 6.29. The Morgan fingerprint density at radius 1 is 1.32 bits per heavy atom. The van der Waals surface area contributed by atoms with Crippen LogP contribution in [0.1, 0.15) is 58.4 Å². The lowest BCUT2D eigenvalue weighted by Crippen LogP contribution is -2.46. The summed E-state index contributed by atoms with van der Waals surface area (Å²) >= 11 is 0. The average Bonchev–Trinajstić information content (AvgIpc) is 2.62. The number of hydrogen-bond donors (Lipinski definition) is 1. The van der Waals surface area contributed by atoms with Gasteiger partial charge in [-0.05, 0) is 61.7 Å². The van der Waals surface area contributed by atoms with Crippen LogP contribution >= 0.6 is 0 Å². The molecular formula is C23H30O2. The van der Waals surface area contributed by atoms with Crippen molar-refractivity contribution in [3.63, 3.8) is 0 Å². The van der Waals surface area contributed by atoms with E-state index in [9.17, 15) is 9.90 Å². The van der Waals surface area contributed by atoms with Crippen LogP contribution in [0, 0.1) is 11.3 Å². The third-order valence-corrected chi connectivity index (χ3v) is 6.23. The Hall–Kier alpha value is -1.67. The van der Waals surface area contributed by atoms with Crippen molar-refractivity contribution in [3.05, 3.63) is 58.7 Å². The standard InChI is InChI=1S/C23H30O2/c1-4-16(2)13-19-15-23(14-18-9-6-5-7-10-18)20(17(3)22(19)25)11-8-12-21(23)24/h5-7,9-10,13,16,21,24H,4,8,11-12,14-15H2,1-3H3/t16?,21-,23-/m0/s1. The molecule has 0 radical (unpaired) electrons. The maximum absolute atomic E-state index is 12.9. The summed E-state index contributed by atoms with van der Waals surface area (Å²) in [5.41, 5.74) is 3.94. The highest BCUT2D eigenvalue weighted by Crippen LogP contribution is 2.52. The fraction of sp³-hybridized carbons (Fsp3) is 0.522. The molecule has 134 valence electrons. The van der Waals surface area contributed by atoms with Crippen molar-refractivity contribution in [1.82, 2.24) is 0 Å². The summed E-state index contributed by atoms with van der Waals surface area (Å²) in [6.07, 6.45) is 7.04. The van der Waals surface area contributed by atoms with Gasteiger partial charge in [0.15, 0.2) is 5.78 Å². The van der Waals surface area contributed by atoms with E-state index >= 15 is 0 Å². The van der Waals surface area contributed by atoms with Gasteiger partial charge in [0.1, 0.15) is 0 Å². The van der Waals surface area contributed by atoms with Crippen molar-refractivity contribution < 1.29 is 9.90 Å². The smallest absolute Gasteiger partial charge is 0.184 e. The number of hydrogen-bond acceptors (Lipinski definition) is 2. The van der Waals surface area contributed by atoms with Crippen LogP contribution < -0.4 is 0 Å². The van der Waals surface area contributed by atoms with Crippen LogP contribution in [0.3, 0.4) is 0 Å². The summed E-state index contributed by atoms with van der Waals surface area (Å²) in [6, 6.07) is 10.4. The lowest BCUT2D eigenvalue weighted by Gasteiger charge is -2.48. The van der Waals surface area contributed by atoms with Gasteiger partial charge in [-0.15, -0.1) is 0 Å². The molecule has 25 heavy (non-hydrogen) atoms. The third-order valence-electron chi connectivity index (χ3n) is 6.23. The molecule has 3 atom stereocenters. The topological polar surface area (TPSA) is 37.3 Å². The molecule has 1 saturated carbocycles. The van der Waals surface area contributed by atoms with E-state index in [2.05, 4.69) is 44.2 Å². The van der Waals surface area contributed by atoms with Gasteiger partial charge in [-0.25, -0.2) is 0 Å². The van der Waals surface area contributed by atoms with Crippen molar-refractivity contribution in [1.29, 1.82) is 0 Å². The van der Waals surface area contributed by atoms with Crippen LogP contribution in [0.15, 0.2) is 53.1 Å². The van der Waals surface area contributed by atoms with Crippen LogP contribution in [0.5, 0.6) is 0 Å². The van der Waals surface area contributed by atoms with Crippen molar-refractivity contribution >= 4 is 5.78 Å². The largest absolute Gasteiger partial charge is 0.392 e. The van der Waals surface area contributed by atoms with Gasteiger partial charge >= 0.3 is 0 Å². The second kappa shape index (κ2) is 7.29. The number of allylic oxidation sites excluding steroid dienone is 3. The van der Waals surface area contributed by atoms with Gasteiger partial charge in [0.2, 0.25) is 0 Å². The average molecular weight is 338 g/mol. The molecule has 0 saturated heterocycles. The molecule has 0 amide bonds. The van der Waals surface area contributed by atoms with E-state index in [4.69, 9.17) is 0 Å². The molecule has 2 nitrogen and oxygen atoms in total. The van der Waals surface area contributed by atoms with E-state index in [-0.39, 0.29) is 17.3 Å². The van der Waals surface area contributed by atoms with Gasteiger partial charge in [0.25, 0.3) is 0 Å². The Morgan fingerprint density at radius 2 is 2.04 bits per heavy atom. The summed E-state index contributed by atoms with van der Waals surface area (Å²) < 4.78 is 0. The van der Waals surface area contributed by atoms with Gasteiger partial charge in [0, 0.05) is 5.41 Å². The summed E-state index contributed by atoms with van der Waals surface area (Å²) in [5, 5.41) is 11.1. The molecule has 2 aliphatic rings. The van der Waals surface area contributed by atoms with Crippen molar-refractivity contribution in [2.75, 3.05) is 0 Å². The molecule has 1 unspecified atom stereocenters. The first-order valence-corrected chi connectivity index (χ1v) is 9.65. The summed E-state index contributed by atoms with van der Waals surface area (Å²) in [4.78, 5) is 12.9. The molecule has 2 aliphatic carbocycles. The van der Waals surface area contributed by atoms with Gasteiger partial charge in [0.05, 0.1) is 6.10 Å². The van der Waals surface area contributed by atoms with Gasteiger partial charge in [-0.3, -0.25) is 4.79 Å². The number of aliphatic hydroxyl groups excluding tert-OH is 1. The number of fused-ring (bicyclic) bond motifs is 1. The first kappa shape index (κ1) is 18.1. The Morgan fingerprint density at radius 3 is 2.72 bits per heavy atom. The molecule has 1 aromatic rings. The minimum Gasteiger partial charge on any atom is -0.392 e. The molecule has 3 rings (SSSR count). The Labute approximate surface area is 151 Å². The predicted octanol–water partition coefficient (Wildman–Crippen LogP) is 5.02. The number of aliphatic hydroxyl groups is 1. The molecule has 0 bridgehead atoms. The van der Waals surface area contributed by atoms with E-state index in [0.717, 1.165) is 43.3 Å². The zero-order chi connectivity index (χ0) is 18.0. The number of ketones is 1. The molecule has 1 fully saturated rings. The van der Waals surface area contributed by atoms with E-state index in [1.807, 2.05) is 13.0 Å². The number of Topliss-reactive ketones (excluding diaryl/α,β-unsaturated/α-hetero) is 1. The predicted molar refractivity (Wildman–Crippen MR) is 102 cm³/mol. The third kappa shape index (κ3) is 3.37. The Bertz CT molecular complexity index is 698. The second-order valence-electron chi connectivity index (χ2n) is 7.91. The monoisotopic (exact) mass is 338 g/mol. The lowest BCUT2D eigenvalue weighted by atomic mass is 9.57. The zero-order valence-corrected chi connectivity index (χ0v) is 15.7. The summed E-state index contributed by atoms with van der Waals surface area (Å²) in [5.74, 6) is 0.593. The maximum atomic E-state index is 12.9. The van der Waals surface area contributed by atoms with Crippen LogP contribution in [-0.2, 0) is 11.2 Å². The van der Waals surface area contributed by atoms with Crippen molar-refractivity contribution in [3.8, 4) is 0 Å². The molecule has 1 aromatic carbocycles. The first-order valence-electron chi connectivity index (χ1n) is 9.65. The Kier molecular flexibility index (Phi) is 5.29. The van der Waals surface area contributed by atoms with E-state index in [1.165, 1.54) is 11.1 Å². The quantitative estimate of drug-likeness (QED) is 0.783. The normalized spacial score (nSPS) is 29.7. The van der Waals surface area contributed by atoms with E-state index in [0.29, 0.717) is 12.3 Å². The molecule has 1 N–H and O–H groups in total. The van der Waals surface area contributed by atoms with Gasteiger partial charge < -0.3 is 5.11 Å². The first-order chi connectivity index (χ1) is 12.0. The molecule has 0 spiro atoms. The highest BCUT2D eigenvalue weighted by atomic mass is 16.3. The highest BCUT2D eigenvalue weighted by Gasteiger charge is 2.48. The van der Waals surface area contributed by atoms with Gasteiger partial charge in [-0.1, -0.05) is 62.2 Å². The second-order valence-corrected chi connectivity index (χ2v) is 7.91. The van der Waals surface area contributed by atoms with Crippen LogP contribution in [-0.4, -0.2) is 17.0 Å². The maximum Gasteiger partial charge on any atom is 0.184 e. The SMILES string of the molecule is CCC(C)C=C1C[C@@]2(Cc3ccccc3)C(=C(C)C1=O)CCC[C@@H]2O. The van der Waals surface area contributed by atoms with Gasteiger partial charge in [-0.2, -0.15) is 0 Å². The minimum absolute atomic E-state index is 0.202. The number of carbonyl (C=O) groups is 1. The molecule has 0 heterocycles. The van der Waals surface area contributed by atoms with Crippen molar-refractivity contribution in [2.45, 2.75) is 65.4 Å². The highest BCUT2D eigenvalue weighted by molar-refractivity contribution is 6.09. The fourth-order valence-electron chi connectivity index (χ4n) is 4.63. The zero-order valence-electron chi connectivity index (χ0n) is 15.7. The number of carbonyl (C=O) groups excluding carboxylic acids is 1. The summed E-state index contributed by atoms with van der Waals surface area (Å²) in [7, 11) is 0. The molecule has 0 aromatic heterocycles. The molecule has 0 aliphatic heterocycles. The Balaban J connectivity index is 2.09. The van der Waals surface area contributed by atoms with E-state index < -0.39 is 0 Å². The van der Waals surface area contributed by atoms with Crippen LogP contribution in [0.2, 0.25) is 0 Å². The minimum atomic E-state index is -0.375.